The molecule has 0 saturated heterocycles. The third-order valence-electron chi connectivity index (χ3n) is 2.85. The van der Waals surface area contributed by atoms with E-state index in [4.69, 9.17) is 0 Å². The first-order chi connectivity index (χ1) is 7.83. The van der Waals surface area contributed by atoms with Crippen LogP contribution in [-0.4, -0.2) is 11.7 Å². The van der Waals surface area contributed by atoms with E-state index in [2.05, 4.69) is 24.3 Å². The molecule has 16 heavy (non-hydrogen) atoms. The fraction of sp³-hybridized carbons (Fsp3) is 0.200. The van der Waals surface area contributed by atoms with E-state index in [1.165, 1.54) is 16.7 Å². The standard InChI is InChI=1S/C15H16O/c1-12(11-16)14-9-5-6-10-15(14)13-7-3-2-4-8-13/h2-10,12,16H,11H2,1H3/t12-/m0/s1. The fourth-order valence-corrected chi connectivity index (χ4v) is 1.91. The van der Waals surface area contributed by atoms with Crippen LogP contribution in [0.3, 0.4) is 0 Å². The molecule has 0 aliphatic rings. The highest BCUT2D eigenvalue weighted by Crippen LogP contribution is 2.28. The van der Waals surface area contributed by atoms with Crippen LogP contribution in [0.4, 0.5) is 0 Å². The maximum atomic E-state index is 9.26. The number of rotatable bonds is 3. The van der Waals surface area contributed by atoms with Crippen LogP contribution < -0.4 is 0 Å². The van der Waals surface area contributed by atoms with E-state index in [1.807, 2.05) is 37.3 Å². The van der Waals surface area contributed by atoms with Crippen LogP contribution in [0.2, 0.25) is 0 Å². The topological polar surface area (TPSA) is 20.2 Å². The highest BCUT2D eigenvalue weighted by atomic mass is 16.3. The second kappa shape index (κ2) is 4.95. The number of aliphatic hydroxyl groups is 1. The summed E-state index contributed by atoms with van der Waals surface area (Å²) in [6.45, 7) is 2.23. The lowest BCUT2D eigenvalue weighted by atomic mass is 9.92. The molecule has 0 spiro atoms. The maximum absolute atomic E-state index is 9.26. The summed E-state index contributed by atoms with van der Waals surface area (Å²) in [6.07, 6.45) is 0. The predicted octanol–water partition coefficient (Wildman–Crippen LogP) is 3.45. The van der Waals surface area contributed by atoms with E-state index in [0.717, 1.165) is 0 Å². The number of hydrogen-bond acceptors (Lipinski definition) is 1. The van der Waals surface area contributed by atoms with Crippen molar-refractivity contribution in [2.45, 2.75) is 12.8 Å². The van der Waals surface area contributed by atoms with E-state index < -0.39 is 0 Å². The Hall–Kier alpha value is -1.60. The number of aliphatic hydroxyl groups excluding tert-OH is 1. The molecule has 0 amide bonds. The van der Waals surface area contributed by atoms with Gasteiger partial charge >= 0.3 is 0 Å². The first-order valence-electron chi connectivity index (χ1n) is 5.58. The van der Waals surface area contributed by atoms with Gasteiger partial charge in [0.2, 0.25) is 0 Å². The molecule has 0 aliphatic carbocycles. The zero-order valence-corrected chi connectivity index (χ0v) is 9.43. The van der Waals surface area contributed by atoms with E-state index in [0.29, 0.717) is 0 Å². The Labute approximate surface area is 96.4 Å². The van der Waals surface area contributed by atoms with Gasteiger partial charge in [0, 0.05) is 12.5 Å². The van der Waals surface area contributed by atoms with Gasteiger partial charge < -0.3 is 5.11 Å². The zero-order valence-electron chi connectivity index (χ0n) is 9.43. The van der Waals surface area contributed by atoms with Gasteiger partial charge in [0.05, 0.1) is 0 Å². The van der Waals surface area contributed by atoms with Gasteiger partial charge in [-0.05, 0) is 16.7 Å². The van der Waals surface area contributed by atoms with Gasteiger partial charge in [-0.2, -0.15) is 0 Å². The molecule has 0 aliphatic heterocycles. The SMILES string of the molecule is C[C@@H](CO)c1ccccc1-c1ccccc1. The summed E-state index contributed by atoms with van der Waals surface area (Å²) in [5.74, 6) is 0.177. The molecule has 0 unspecified atom stereocenters. The van der Waals surface area contributed by atoms with Crippen molar-refractivity contribution in [2.24, 2.45) is 0 Å². The van der Waals surface area contributed by atoms with Crippen molar-refractivity contribution in [3.63, 3.8) is 0 Å². The highest BCUT2D eigenvalue weighted by molar-refractivity contribution is 5.67. The fourth-order valence-electron chi connectivity index (χ4n) is 1.91. The number of benzene rings is 2. The van der Waals surface area contributed by atoms with Crippen LogP contribution in [0.25, 0.3) is 11.1 Å². The molecule has 0 aromatic heterocycles. The molecule has 1 nitrogen and oxygen atoms in total. The van der Waals surface area contributed by atoms with Crippen molar-refractivity contribution in [2.75, 3.05) is 6.61 Å². The molecule has 0 radical (unpaired) electrons. The summed E-state index contributed by atoms with van der Waals surface area (Å²) < 4.78 is 0. The zero-order chi connectivity index (χ0) is 11.4. The van der Waals surface area contributed by atoms with Crippen LogP contribution in [-0.2, 0) is 0 Å². The van der Waals surface area contributed by atoms with Gasteiger partial charge in [-0.15, -0.1) is 0 Å². The van der Waals surface area contributed by atoms with E-state index in [-0.39, 0.29) is 12.5 Å². The minimum atomic E-state index is 0.177. The summed E-state index contributed by atoms with van der Waals surface area (Å²) in [5.41, 5.74) is 3.62. The van der Waals surface area contributed by atoms with Crippen molar-refractivity contribution in [3.05, 3.63) is 60.2 Å². The summed E-state index contributed by atoms with van der Waals surface area (Å²) >= 11 is 0. The van der Waals surface area contributed by atoms with Gasteiger partial charge in [-0.1, -0.05) is 61.5 Å². The van der Waals surface area contributed by atoms with E-state index in [9.17, 15) is 5.11 Å². The molecule has 0 saturated carbocycles. The summed E-state index contributed by atoms with van der Waals surface area (Å²) in [7, 11) is 0. The lowest BCUT2D eigenvalue weighted by molar-refractivity contribution is 0.273. The molecule has 82 valence electrons. The molecule has 0 fully saturated rings. The average Bonchev–Trinajstić information content (AvgIpc) is 2.39. The minimum absolute atomic E-state index is 0.177. The normalized spacial score (nSPS) is 12.4. The molecule has 2 rings (SSSR count). The predicted molar refractivity (Wildman–Crippen MR) is 67.4 cm³/mol. The van der Waals surface area contributed by atoms with Crippen LogP contribution in [0.15, 0.2) is 54.6 Å². The molecule has 1 atom stereocenters. The van der Waals surface area contributed by atoms with Crippen molar-refractivity contribution >= 4 is 0 Å². The van der Waals surface area contributed by atoms with Crippen LogP contribution in [0, 0.1) is 0 Å². The molecular formula is C15H16O. The Kier molecular flexibility index (Phi) is 3.37. The molecule has 0 heterocycles. The third-order valence-corrected chi connectivity index (χ3v) is 2.85. The lowest BCUT2D eigenvalue weighted by Crippen LogP contribution is -2.00. The molecule has 0 bridgehead atoms. The Bertz CT molecular complexity index is 448. The number of hydrogen-bond donors (Lipinski definition) is 1. The maximum Gasteiger partial charge on any atom is 0.0497 e. The van der Waals surface area contributed by atoms with Crippen molar-refractivity contribution in [1.82, 2.24) is 0 Å². The van der Waals surface area contributed by atoms with Gasteiger partial charge in [0.1, 0.15) is 0 Å². The summed E-state index contributed by atoms with van der Waals surface area (Å²) in [6, 6.07) is 18.5. The summed E-state index contributed by atoms with van der Waals surface area (Å²) in [4.78, 5) is 0. The molecular weight excluding hydrogens is 196 g/mol. The van der Waals surface area contributed by atoms with E-state index in [1.54, 1.807) is 0 Å². The van der Waals surface area contributed by atoms with Crippen molar-refractivity contribution in [3.8, 4) is 11.1 Å². The lowest BCUT2D eigenvalue weighted by Gasteiger charge is -2.14. The highest BCUT2D eigenvalue weighted by Gasteiger charge is 2.09. The Morgan fingerprint density at radius 2 is 1.56 bits per heavy atom. The quantitative estimate of drug-likeness (QED) is 0.826. The molecule has 1 N–H and O–H groups in total. The van der Waals surface area contributed by atoms with Gasteiger partial charge in [0.15, 0.2) is 0 Å². The first kappa shape index (κ1) is 10.9. The largest absolute Gasteiger partial charge is 0.396 e. The van der Waals surface area contributed by atoms with Gasteiger partial charge in [-0.25, -0.2) is 0 Å². The molecule has 2 aromatic rings. The van der Waals surface area contributed by atoms with Crippen molar-refractivity contribution in [1.29, 1.82) is 0 Å². The molecule has 1 heteroatoms. The second-order valence-electron chi connectivity index (χ2n) is 4.04. The van der Waals surface area contributed by atoms with Crippen LogP contribution in [0.1, 0.15) is 18.4 Å². The van der Waals surface area contributed by atoms with Gasteiger partial charge in [0.25, 0.3) is 0 Å². The van der Waals surface area contributed by atoms with Crippen LogP contribution >= 0.6 is 0 Å². The Morgan fingerprint density at radius 3 is 2.25 bits per heavy atom. The molecule has 2 aromatic carbocycles. The summed E-state index contributed by atoms with van der Waals surface area (Å²) in [5, 5.41) is 9.26. The Balaban J connectivity index is 2.49. The van der Waals surface area contributed by atoms with Crippen molar-refractivity contribution < 1.29 is 5.11 Å². The first-order valence-corrected chi connectivity index (χ1v) is 5.58. The van der Waals surface area contributed by atoms with E-state index >= 15 is 0 Å². The second-order valence-corrected chi connectivity index (χ2v) is 4.04. The monoisotopic (exact) mass is 212 g/mol. The minimum Gasteiger partial charge on any atom is -0.396 e. The smallest absolute Gasteiger partial charge is 0.0497 e. The van der Waals surface area contributed by atoms with Crippen LogP contribution in [0.5, 0.6) is 0 Å². The van der Waals surface area contributed by atoms with Gasteiger partial charge in [-0.3, -0.25) is 0 Å². The Morgan fingerprint density at radius 1 is 0.938 bits per heavy atom. The third kappa shape index (κ3) is 2.15. The average molecular weight is 212 g/mol.